The molecule has 0 fully saturated rings. The lowest BCUT2D eigenvalue weighted by Gasteiger charge is -2.35. The number of nitrogens with one attached hydrogen (secondary N) is 1. The summed E-state index contributed by atoms with van der Waals surface area (Å²) in [6, 6.07) is 9.81. The molecule has 0 spiro atoms. The van der Waals surface area contributed by atoms with Crippen LogP contribution in [0.5, 0.6) is 5.75 Å². The van der Waals surface area contributed by atoms with Crippen LogP contribution in [-0.4, -0.2) is 29.2 Å². The van der Waals surface area contributed by atoms with E-state index in [-0.39, 0.29) is 12.1 Å². The summed E-state index contributed by atoms with van der Waals surface area (Å²) in [5, 5.41) is 2.98. The number of anilines is 1. The molecule has 0 radical (unpaired) electrons. The first-order chi connectivity index (χ1) is 10.6. The molecule has 0 saturated heterocycles. The summed E-state index contributed by atoms with van der Waals surface area (Å²) >= 11 is 0. The molecular formula is C17H21N3O2. The Kier molecular flexibility index (Phi) is 3.79. The Morgan fingerprint density at radius 2 is 2.14 bits per heavy atom. The quantitative estimate of drug-likeness (QED) is 0.923. The van der Waals surface area contributed by atoms with Crippen LogP contribution in [-0.2, 0) is 6.54 Å². The van der Waals surface area contributed by atoms with Crippen molar-refractivity contribution in [3.63, 3.8) is 0 Å². The number of amides is 2. The largest absolute Gasteiger partial charge is 0.495 e. The zero-order chi connectivity index (χ0) is 15.7. The number of carbonyl (C=O) groups excluding carboxylic acids is 1. The van der Waals surface area contributed by atoms with E-state index in [2.05, 4.69) is 29.1 Å². The predicted octanol–water partition coefficient (Wildman–Crippen LogP) is 3.41. The molecule has 2 amide bonds. The van der Waals surface area contributed by atoms with Crippen LogP contribution in [0.4, 0.5) is 10.5 Å². The van der Waals surface area contributed by atoms with Gasteiger partial charge in [0, 0.05) is 25.0 Å². The molecule has 1 atom stereocenters. The highest BCUT2D eigenvalue weighted by molar-refractivity contribution is 5.91. The number of carbonyl (C=O) groups is 1. The monoisotopic (exact) mass is 299 g/mol. The third-order valence-electron chi connectivity index (χ3n) is 4.20. The average Bonchev–Trinajstić information content (AvgIpc) is 2.97. The first-order valence-electron chi connectivity index (χ1n) is 7.47. The molecule has 5 nitrogen and oxygen atoms in total. The van der Waals surface area contributed by atoms with Gasteiger partial charge in [-0.3, -0.25) is 0 Å². The Bertz CT molecular complexity index is 693. The molecule has 0 aliphatic carbocycles. The topological polar surface area (TPSA) is 46.5 Å². The minimum absolute atomic E-state index is 0.0551. The van der Waals surface area contributed by atoms with Gasteiger partial charge in [-0.25, -0.2) is 4.79 Å². The fourth-order valence-corrected chi connectivity index (χ4v) is 2.96. The number of fused-ring (bicyclic) bond motifs is 1. The highest BCUT2D eigenvalue weighted by Gasteiger charge is 2.27. The smallest absolute Gasteiger partial charge is 0.322 e. The van der Waals surface area contributed by atoms with Crippen molar-refractivity contribution in [1.29, 1.82) is 0 Å². The van der Waals surface area contributed by atoms with Gasteiger partial charge in [-0.2, -0.15) is 0 Å². The number of hydrogen-bond acceptors (Lipinski definition) is 2. The second-order valence-electron chi connectivity index (χ2n) is 5.63. The molecule has 0 bridgehead atoms. The molecule has 1 N–H and O–H groups in total. The van der Waals surface area contributed by atoms with Gasteiger partial charge in [0.15, 0.2) is 0 Å². The van der Waals surface area contributed by atoms with Gasteiger partial charge >= 0.3 is 6.03 Å². The van der Waals surface area contributed by atoms with Crippen molar-refractivity contribution < 1.29 is 9.53 Å². The standard InChI is InChI=1S/C17H21N3O2/c1-12-6-7-16(22-3)14(11-12)18-17(21)20-10-9-19-8-4-5-15(19)13(20)2/h4-8,11,13H,9-10H2,1-3H3,(H,18,21). The van der Waals surface area contributed by atoms with Gasteiger partial charge in [-0.15, -0.1) is 0 Å². The maximum Gasteiger partial charge on any atom is 0.322 e. The van der Waals surface area contributed by atoms with Crippen LogP contribution in [0, 0.1) is 6.92 Å². The van der Waals surface area contributed by atoms with Crippen molar-refractivity contribution in [1.82, 2.24) is 9.47 Å². The van der Waals surface area contributed by atoms with Gasteiger partial charge < -0.3 is 19.5 Å². The molecule has 1 aliphatic rings. The van der Waals surface area contributed by atoms with E-state index in [1.54, 1.807) is 7.11 Å². The molecule has 22 heavy (non-hydrogen) atoms. The lowest BCUT2D eigenvalue weighted by atomic mass is 10.1. The van der Waals surface area contributed by atoms with E-state index in [4.69, 9.17) is 4.74 Å². The fourth-order valence-electron chi connectivity index (χ4n) is 2.96. The zero-order valence-corrected chi connectivity index (χ0v) is 13.2. The Morgan fingerprint density at radius 1 is 1.32 bits per heavy atom. The van der Waals surface area contributed by atoms with E-state index in [0.29, 0.717) is 18.0 Å². The summed E-state index contributed by atoms with van der Waals surface area (Å²) in [5.41, 5.74) is 2.95. The molecule has 5 heteroatoms. The Hall–Kier alpha value is -2.43. The highest BCUT2D eigenvalue weighted by atomic mass is 16.5. The van der Waals surface area contributed by atoms with Gasteiger partial charge in [0.2, 0.25) is 0 Å². The van der Waals surface area contributed by atoms with E-state index in [1.807, 2.05) is 36.1 Å². The number of rotatable bonds is 2. The Labute approximate surface area is 130 Å². The van der Waals surface area contributed by atoms with Crippen LogP contribution in [0.1, 0.15) is 24.2 Å². The predicted molar refractivity (Wildman–Crippen MR) is 86.3 cm³/mol. The summed E-state index contributed by atoms with van der Waals surface area (Å²) < 4.78 is 7.52. The third kappa shape index (κ3) is 2.54. The maximum atomic E-state index is 12.6. The van der Waals surface area contributed by atoms with Gasteiger partial charge in [0.05, 0.1) is 18.8 Å². The van der Waals surface area contributed by atoms with Crippen molar-refractivity contribution in [2.75, 3.05) is 19.0 Å². The second kappa shape index (κ2) is 5.75. The van der Waals surface area contributed by atoms with E-state index >= 15 is 0 Å². The highest BCUT2D eigenvalue weighted by Crippen LogP contribution is 2.29. The Morgan fingerprint density at radius 3 is 2.91 bits per heavy atom. The molecule has 2 aromatic rings. The molecule has 0 saturated carbocycles. The number of urea groups is 1. The van der Waals surface area contributed by atoms with Gasteiger partial charge in [0.1, 0.15) is 5.75 Å². The summed E-state index contributed by atoms with van der Waals surface area (Å²) in [7, 11) is 1.61. The van der Waals surface area contributed by atoms with Crippen molar-refractivity contribution in [2.24, 2.45) is 0 Å². The number of hydrogen-bond donors (Lipinski definition) is 1. The summed E-state index contributed by atoms with van der Waals surface area (Å²) in [5.74, 6) is 0.673. The number of ether oxygens (including phenoxy) is 1. The van der Waals surface area contributed by atoms with Crippen molar-refractivity contribution >= 4 is 11.7 Å². The average molecular weight is 299 g/mol. The van der Waals surface area contributed by atoms with Crippen LogP contribution in [0.15, 0.2) is 36.5 Å². The van der Waals surface area contributed by atoms with Gasteiger partial charge in [-0.05, 0) is 43.7 Å². The number of aryl methyl sites for hydroxylation is 1. The maximum absolute atomic E-state index is 12.6. The first kappa shape index (κ1) is 14.5. The Balaban J connectivity index is 1.80. The van der Waals surface area contributed by atoms with Crippen molar-refractivity contribution in [3.8, 4) is 5.75 Å². The summed E-state index contributed by atoms with van der Waals surface area (Å²) in [4.78, 5) is 14.5. The minimum atomic E-state index is -0.0937. The van der Waals surface area contributed by atoms with E-state index in [1.165, 1.54) is 0 Å². The van der Waals surface area contributed by atoms with Crippen LogP contribution in [0.3, 0.4) is 0 Å². The molecule has 1 aromatic heterocycles. The second-order valence-corrected chi connectivity index (χ2v) is 5.63. The molecule has 3 rings (SSSR count). The third-order valence-corrected chi connectivity index (χ3v) is 4.20. The number of nitrogens with zero attached hydrogens (tertiary/aromatic N) is 2. The molecule has 1 aliphatic heterocycles. The summed E-state index contributed by atoms with van der Waals surface area (Å²) in [6.07, 6.45) is 2.06. The minimum Gasteiger partial charge on any atom is -0.495 e. The number of aromatic nitrogens is 1. The van der Waals surface area contributed by atoms with Crippen molar-refractivity contribution in [2.45, 2.75) is 26.4 Å². The number of benzene rings is 1. The van der Waals surface area contributed by atoms with Gasteiger partial charge in [0.25, 0.3) is 0 Å². The molecular weight excluding hydrogens is 278 g/mol. The van der Waals surface area contributed by atoms with Crippen LogP contribution in [0.25, 0.3) is 0 Å². The zero-order valence-electron chi connectivity index (χ0n) is 13.2. The van der Waals surface area contributed by atoms with Gasteiger partial charge in [-0.1, -0.05) is 6.07 Å². The molecule has 1 aromatic carbocycles. The molecule has 1 unspecified atom stereocenters. The number of methoxy groups -OCH3 is 1. The van der Waals surface area contributed by atoms with E-state index in [0.717, 1.165) is 17.8 Å². The van der Waals surface area contributed by atoms with Crippen LogP contribution in [0.2, 0.25) is 0 Å². The van der Waals surface area contributed by atoms with Crippen LogP contribution < -0.4 is 10.1 Å². The van der Waals surface area contributed by atoms with E-state index < -0.39 is 0 Å². The van der Waals surface area contributed by atoms with E-state index in [9.17, 15) is 4.79 Å². The lowest BCUT2D eigenvalue weighted by molar-refractivity contribution is 0.175. The molecule has 116 valence electrons. The van der Waals surface area contributed by atoms with Crippen molar-refractivity contribution in [3.05, 3.63) is 47.8 Å². The summed E-state index contributed by atoms with van der Waals surface area (Å²) in [6.45, 7) is 5.57. The van der Waals surface area contributed by atoms with Crippen LogP contribution >= 0.6 is 0 Å². The SMILES string of the molecule is COc1ccc(C)cc1NC(=O)N1CCn2cccc2C1C. The first-order valence-corrected chi connectivity index (χ1v) is 7.47. The molecule has 2 heterocycles. The lowest BCUT2D eigenvalue weighted by Crippen LogP contribution is -2.43. The fraction of sp³-hybridized carbons (Fsp3) is 0.353. The normalized spacial score (nSPS) is 17.0.